The van der Waals surface area contributed by atoms with Gasteiger partial charge in [0.25, 0.3) is 0 Å². The number of alkyl halides is 3. The molecule has 0 saturated heterocycles. The highest BCUT2D eigenvalue weighted by atomic mass is 19.4. The molecule has 0 aliphatic heterocycles. The molecule has 0 bridgehead atoms. The lowest BCUT2D eigenvalue weighted by molar-refractivity contribution is -0.275. The Bertz CT molecular complexity index is 554. The van der Waals surface area contributed by atoms with Crippen molar-refractivity contribution in [3.8, 4) is 5.75 Å². The van der Waals surface area contributed by atoms with Crippen LogP contribution in [0.1, 0.15) is 51.7 Å². The van der Waals surface area contributed by atoms with Crippen LogP contribution >= 0.6 is 0 Å². The molecule has 23 heavy (non-hydrogen) atoms. The summed E-state index contributed by atoms with van der Waals surface area (Å²) in [6.07, 6.45) is -2.86. The van der Waals surface area contributed by atoms with Crippen molar-refractivity contribution in [3.63, 3.8) is 0 Å². The SMILES string of the molecule is C[C@H]1CCCC(C)(C)[C@H]1C(O)c1ccc(OC(F)(F)F)c(F)c1. The number of aliphatic hydroxyl groups excluding tert-OH is 1. The molecular weight excluding hydrogens is 312 g/mol. The Morgan fingerprint density at radius 1 is 1.30 bits per heavy atom. The molecule has 1 unspecified atom stereocenters. The fourth-order valence-electron chi connectivity index (χ4n) is 3.85. The molecule has 130 valence electrons. The van der Waals surface area contributed by atoms with Gasteiger partial charge in [0.05, 0.1) is 6.10 Å². The first-order chi connectivity index (χ1) is 10.5. The van der Waals surface area contributed by atoms with Crippen LogP contribution in [0.15, 0.2) is 18.2 Å². The van der Waals surface area contributed by atoms with Gasteiger partial charge < -0.3 is 9.84 Å². The summed E-state index contributed by atoms with van der Waals surface area (Å²) in [6.45, 7) is 6.17. The van der Waals surface area contributed by atoms with Gasteiger partial charge in [0.2, 0.25) is 0 Å². The number of hydrogen-bond donors (Lipinski definition) is 1. The average Bonchev–Trinajstić information content (AvgIpc) is 2.38. The minimum Gasteiger partial charge on any atom is -0.403 e. The van der Waals surface area contributed by atoms with E-state index >= 15 is 0 Å². The number of hydrogen-bond acceptors (Lipinski definition) is 2. The van der Waals surface area contributed by atoms with Crippen LogP contribution in [0.5, 0.6) is 5.75 Å². The first-order valence-electron chi connectivity index (χ1n) is 7.74. The summed E-state index contributed by atoms with van der Waals surface area (Å²) in [5, 5.41) is 10.7. The molecule has 0 heterocycles. The van der Waals surface area contributed by atoms with Gasteiger partial charge in [0.1, 0.15) is 0 Å². The maximum Gasteiger partial charge on any atom is 0.573 e. The van der Waals surface area contributed by atoms with E-state index in [-0.39, 0.29) is 22.8 Å². The Kier molecular flexibility index (Phi) is 4.95. The van der Waals surface area contributed by atoms with E-state index in [0.29, 0.717) is 0 Å². The second kappa shape index (κ2) is 6.30. The zero-order valence-electron chi connectivity index (χ0n) is 13.5. The van der Waals surface area contributed by atoms with E-state index in [1.54, 1.807) is 0 Å². The van der Waals surface area contributed by atoms with Crippen LogP contribution in [0, 0.1) is 23.1 Å². The van der Waals surface area contributed by atoms with E-state index in [2.05, 4.69) is 18.6 Å². The Morgan fingerprint density at radius 3 is 2.48 bits per heavy atom. The minimum absolute atomic E-state index is 0.0787. The molecule has 0 radical (unpaired) electrons. The highest BCUT2D eigenvalue weighted by Gasteiger charge is 2.42. The molecule has 1 N–H and O–H groups in total. The summed E-state index contributed by atoms with van der Waals surface area (Å²) in [5.41, 5.74) is 0.165. The number of rotatable bonds is 3. The minimum atomic E-state index is -4.94. The standard InChI is InChI=1S/C17H22F4O2/c1-10-5-4-8-16(2,3)14(10)15(22)11-6-7-13(12(18)9-11)23-17(19,20)21/h6-7,9-10,14-15,22H,4-5,8H2,1-3H3/t10-,14+,15?/m0/s1. The second-order valence-corrected chi connectivity index (χ2v) is 7.07. The molecule has 3 atom stereocenters. The van der Waals surface area contributed by atoms with Gasteiger partial charge in [-0.15, -0.1) is 13.2 Å². The summed E-state index contributed by atoms with van der Waals surface area (Å²) in [7, 11) is 0. The molecule has 0 spiro atoms. The molecule has 0 amide bonds. The van der Waals surface area contributed by atoms with Crippen LogP contribution in [-0.4, -0.2) is 11.5 Å². The molecule has 1 saturated carbocycles. The molecule has 0 aromatic heterocycles. The lowest BCUT2D eigenvalue weighted by Gasteiger charge is -2.45. The predicted molar refractivity (Wildman–Crippen MR) is 78.3 cm³/mol. The van der Waals surface area contributed by atoms with Gasteiger partial charge in [-0.3, -0.25) is 0 Å². The first-order valence-corrected chi connectivity index (χ1v) is 7.74. The predicted octanol–water partition coefficient (Wildman–Crippen LogP) is 5.22. The van der Waals surface area contributed by atoms with E-state index in [1.165, 1.54) is 6.07 Å². The fraction of sp³-hybridized carbons (Fsp3) is 0.647. The number of benzene rings is 1. The highest BCUT2D eigenvalue weighted by Crippen LogP contribution is 2.49. The largest absolute Gasteiger partial charge is 0.573 e. The summed E-state index contributed by atoms with van der Waals surface area (Å²) in [4.78, 5) is 0. The van der Waals surface area contributed by atoms with Gasteiger partial charge in [-0.05, 0) is 41.4 Å². The molecule has 1 aromatic carbocycles. The van der Waals surface area contributed by atoms with Crippen LogP contribution in [0.4, 0.5) is 17.6 Å². The van der Waals surface area contributed by atoms with Crippen LogP contribution in [0.25, 0.3) is 0 Å². The van der Waals surface area contributed by atoms with Gasteiger partial charge in [0, 0.05) is 0 Å². The third kappa shape index (κ3) is 4.16. The van der Waals surface area contributed by atoms with Gasteiger partial charge in [-0.1, -0.05) is 39.7 Å². The van der Waals surface area contributed by atoms with Gasteiger partial charge in [-0.25, -0.2) is 4.39 Å². The van der Waals surface area contributed by atoms with Crippen LogP contribution < -0.4 is 4.74 Å². The maximum absolute atomic E-state index is 13.9. The zero-order chi connectivity index (χ0) is 17.4. The molecule has 1 aliphatic carbocycles. The van der Waals surface area contributed by atoms with Crippen LogP contribution in [0.2, 0.25) is 0 Å². The Labute approximate surface area is 133 Å². The lowest BCUT2D eigenvalue weighted by atomic mass is 9.61. The maximum atomic E-state index is 13.9. The normalized spacial score (nSPS) is 25.9. The van der Waals surface area contributed by atoms with Crippen molar-refractivity contribution >= 4 is 0 Å². The average molecular weight is 334 g/mol. The molecule has 1 aromatic rings. The number of ether oxygens (including phenoxy) is 1. The van der Waals surface area contributed by atoms with Crippen molar-refractivity contribution in [2.24, 2.45) is 17.3 Å². The highest BCUT2D eigenvalue weighted by molar-refractivity contribution is 5.31. The van der Waals surface area contributed by atoms with Crippen molar-refractivity contribution in [2.75, 3.05) is 0 Å². The zero-order valence-corrected chi connectivity index (χ0v) is 13.5. The van der Waals surface area contributed by atoms with E-state index in [1.807, 2.05) is 6.92 Å². The molecule has 6 heteroatoms. The smallest absolute Gasteiger partial charge is 0.403 e. The quantitative estimate of drug-likeness (QED) is 0.768. The monoisotopic (exact) mass is 334 g/mol. The van der Waals surface area contributed by atoms with Gasteiger partial charge >= 0.3 is 6.36 Å². The van der Waals surface area contributed by atoms with Crippen LogP contribution in [0.3, 0.4) is 0 Å². The van der Waals surface area contributed by atoms with Crippen LogP contribution in [-0.2, 0) is 0 Å². The Balaban J connectivity index is 2.25. The van der Waals surface area contributed by atoms with Gasteiger partial charge in [-0.2, -0.15) is 0 Å². The van der Waals surface area contributed by atoms with E-state index < -0.39 is 24.0 Å². The van der Waals surface area contributed by atoms with E-state index in [9.17, 15) is 22.7 Å². The Hall–Kier alpha value is -1.30. The lowest BCUT2D eigenvalue weighted by Crippen LogP contribution is -2.38. The topological polar surface area (TPSA) is 29.5 Å². The second-order valence-electron chi connectivity index (χ2n) is 7.07. The van der Waals surface area contributed by atoms with Gasteiger partial charge in [0.15, 0.2) is 11.6 Å². The van der Waals surface area contributed by atoms with Crippen molar-refractivity contribution in [3.05, 3.63) is 29.6 Å². The first kappa shape index (κ1) is 18.0. The summed E-state index contributed by atoms with van der Waals surface area (Å²) in [6, 6.07) is 3.15. The van der Waals surface area contributed by atoms with Crippen molar-refractivity contribution in [2.45, 2.75) is 52.5 Å². The van der Waals surface area contributed by atoms with E-state index in [4.69, 9.17) is 0 Å². The molecule has 2 nitrogen and oxygen atoms in total. The third-order valence-electron chi connectivity index (χ3n) is 4.86. The van der Waals surface area contributed by atoms with Crippen molar-refractivity contribution in [1.82, 2.24) is 0 Å². The number of halogens is 4. The summed E-state index contributed by atoms with van der Waals surface area (Å²) >= 11 is 0. The van der Waals surface area contributed by atoms with Crippen molar-refractivity contribution < 1.29 is 27.4 Å². The van der Waals surface area contributed by atoms with E-state index in [0.717, 1.165) is 31.4 Å². The summed E-state index contributed by atoms with van der Waals surface area (Å²) < 4.78 is 54.0. The summed E-state index contributed by atoms with van der Waals surface area (Å²) in [5.74, 6) is -1.84. The molecule has 1 aliphatic rings. The third-order valence-corrected chi connectivity index (χ3v) is 4.86. The Morgan fingerprint density at radius 2 is 1.96 bits per heavy atom. The number of aliphatic hydroxyl groups is 1. The molecule has 1 fully saturated rings. The molecule has 2 rings (SSSR count). The molecular formula is C17H22F4O2. The fourth-order valence-corrected chi connectivity index (χ4v) is 3.85. The van der Waals surface area contributed by atoms with Crippen molar-refractivity contribution in [1.29, 1.82) is 0 Å².